The number of piperazine rings is 1. The molecule has 1 aromatic heterocycles. The molecule has 0 bridgehead atoms. The van der Waals surface area contributed by atoms with E-state index in [-0.39, 0.29) is 11.8 Å². The Labute approximate surface area is 172 Å². The lowest BCUT2D eigenvalue weighted by atomic mass is 9.92. The van der Waals surface area contributed by atoms with Gasteiger partial charge in [-0.3, -0.25) is 19.5 Å². The van der Waals surface area contributed by atoms with Crippen LogP contribution in [0.5, 0.6) is 0 Å². The lowest BCUT2D eigenvalue weighted by molar-refractivity contribution is -0.135. The van der Waals surface area contributed by atoms with Gasteiger partial charge in [0.15, 0.2) is 0 Å². The molecule has 6 heteroatoms. The van der Waals surface area contributed by atoms with Crippen LogP contribution >= 0.6 is 0 Å². The predicted octanol–water partition coefficient (Wildman–Crippen LogP) is 2.50. The average Bonchev–Trinajstić information content (AvgIpc) is 2.72. The molecule has 154 valence electrons. The van der Waals surface area contributed by atoms with E-state index < -0.39 is 0 Å². The van der Waals surface area contributed by atoms with Gasteiger partial charge in [0.05, 0.1) is 17.6 Å². The fourth-order valence-corrected chi connectivity index (χ4v) is 4.71. The Kier molecular flexibility index (Phi) is 5.81. The van der Waals surface area contributed by atoms with Gasteiger partial charge in [0.1, 0.15) is 0 Å². The number of para-hydroxylation sites is 1. The van der Waals surface area contributed by atoms with Crippen LogP contribution in [0.4, 0.5) is 0 Å². The van der Waals surface area contributed by atoms with Gasteiger partial charge in [-0.1, -0.05) is 32.0 Å². The molecule has 2 amide bonds. The number of carbonyl (C=O) groups excluding carboxylic acids is 2. The number of nitrogens with zero attached hydrogens (tertiary/aromatic N) is 4. The molecule has 0 spiro atoms. The molecule has 0 aliphatic carbocycles. The summed E-state index contributed by atoms with van der Waals surface area (Å²) >= 11 is 0. The van der Waals surface area contributed by atoms with Crippen LogP contribution in [0, 0.1) is 11.8 Å². The fraction of sp³-hybridized carbons (Fsp3) is 0.522. The quantitative estimate of drug-likeness (QED) is 0.803. The highest BCUT2D eigenvalue weighted by molar-refractivity contribution is 6.05. The number of aromatic nitrogens is 1. The monoisotopic (exact) mass is 394 g/mol. The van der Waals surface area contributed by atoms with E-state index in [0.717, 1.165) is 37.1 Å². The molecule has 2 aromatic rings. The smallest absolute Gasteiger partial charge is 0.256 e. The number of piperidine rings is 1. The number of hydrogen-bond donors (Lipinski definition) is 0. The summed E-state index contributed by atoms with van der Waals surface area (Å²) in [6.07, 6.45) is 2.93. The number of pyridine rings is 1. The minimum Gasteiger partial charge on any atom is -0.341 e. The molecule has 29 heavy (non-hydrogen) atoms. The highest BCUT2D eigenvalue weighted by Crippen LogP contribution is 2.22. The van der Waals surface area contributed by atoms with E-state index >= 15 is 0 Å². The number of hydrogen-bond acceptors (Lipinski definition) is 4. The summed E-state index contributed by atoms with van der Waals surface area (Å²) in [5.74, 6) is 1.40. The van der Waals surface area contributed by atoms with Gasteiger partial charge in [0.2, 0.25) is 5.91 Å². The molecular weight excluding hydrogens is 364 g/mol. The van der Waals surface area contributed by atoms with E-state index in [1.807, 2.05) is 40.1 Å². The molecular formula is C23H30N4O2. The van der Waals surface area contributed by atoms with Crippen LogP contribution in [0.3, 0.4) is 0 Å². The van der Waals surface area contributed by atoms with E-state index in [1.165, 1.54) is 6.42 Å². The van der Waals surface area contributed by atoms with Crippen molar-refractivity contribution in [2.75, 3.05) is 45.8 Å². The maximum atomic E-state index is 13.1. The summed E-state index contributed by atoms with van der Waals surface area (Å²) in [6.45, 7) is 9.39. The Bertz CT molecular complexity index is 876. The largest absolute Gasteiger partial charge is 0.341 e. The molecule has 2 saturated heterocycles. The van der Waals surface area contributed by atoms with Gasteiger partial charge in [-0.05, 0) is 30.4 Å². The Balaban J connectivity index is 1.34. The van der Waals surface area contributed by atoms with Crippen LogP contribution in [-0.4, -0.2) is 77.3 Å². The first-order chi connectivity index (χ1) is 14.0. The van der Waals surface area contributed by atoms with E-state index in [2.05, 4.69) is 23.7 Å². The Hall–Kier alpha value is -2.47. The minimum absolute atomic E-state index is 0.0268. The maximum Gasteiger partial charge on any atom is 0.256 e. The van der Waals surface area contributed by atoms with E-state index in [0.29, 0.717) is 37.0 Å². The van der Waals surface area contributed by atoms with E-state index in [9.17, 15) is 9.59 Å². The van der Waals surface area contributed by atoms with Crippen molar-refractivity contribution in [2.24, 2.45) is 11.8 Å². The van der Waals surface area contributed by atoms with Crippen LogP contribution in [0.1, 0.15) is 30.6 Å². The number of amides is 2. The van der Waals surface area contributed by atoms with Crippen molar-refractivity contribution in [2.45, 2.75) is 20.3 Å². The number of fused-ring (bicyclic) bond motifs is 1. The van der Waals surface area contributed by atoms with Crippen molar-refractivity contribution >= 4 is 22.7 Å². The highest BCUT2D eigenvalue weighted by atomic mass is 16.2. The summed E-state index contributed by atoms with van der Waals surface area (Å²) in [4.78, 5) is 36.3. The molecule has 0 saturated carbocycles. The van der Waals surface area contributed by atoms with Crippen molar-refractivity contribution in [3.63, 3.8) is 0 Å². The van der Waals surface area contributed by atoms with Gasteiger partial charge in [-0.2, -0.15) is 0 Å². The molecule has 1 aromatic carbocycles. The second-order valence-corrected chi connectivity index (χ2v) is 8.69. The second-order valence-electron chi connectivity index (χ2n) is 8.69. The summed E-state index contributed by atoms with van der Waals surface area (Å²) in [7, 11) is 0. The normalized spacial score (nSPS) is 23.4. The van der Waals surface area contributed by atoms with Crippen LogP contribution < -0.4 is 0 Å². The minimum atomic E-state index is 0.0268. The van der Waals surface area contributed by atoms with Crippen LogP contribution in [0.15, 0.2) is 36.5 Å². The van der Waals surface area contributed by atoms with Crippen LogP contribution in [-0.2, 0) is 4.79 Å². The fourth-order valence-electron chi connectivity index (χ4n) is 4.71. The van der Waals surface area contributed by atoms with Crippen molar-refractivity contribution < 1.29 is 9.59 Å². The SMILES string of the molecule is CC1CC(C)CN(C(=O)CN2CCN(C(=O)c3cccc4cccnc34)CC2)C1. The third-order valence-electron chi connectivity index (χ3n) is 6.10. The van der Waals surface area contributed by atoms with Crippen molar-refractivity contribution in [1.82, 2.24) is 19.7 Å². The van der Waals surface area contributed by atoms with Crippen LogP contribution in [0.2, 0.25) is 0 Å². The molecule has 2 aliphatic heterocycles. The first kappa shape index (κ1) is 19.8. The molecule has 0 N–H and O–H groups in total. The zero-order chi connectivity index (χ0) is 20.4. The standard InChI is InChI=1S/C23H30N4O2/c1-17-13-18(2)15-27(14-17)21(28)16-25-9-11-26(12-10-25)23(29)20-7-3-5-19-6-4-8-24-22(19)20/h3-8,17-18H,9-16H2,1-2H3. The highest BCUT2D eigenvalue weighted by Gasteiger charge is 2.29. The Morgan fingerprint density at radius 2 is 1.66 bits per heavy atom. The number of likely N-dealkylation sites (tertiary alicyclic amines) is 1. The summed E-state index contributed by atoms with van der Waals surface area (Å²) < 4.78 is 0. The third kappa shape index (κ3) is 4.42. The topological polar surface area (TPSA) is 56.8 Å². The van der Waals surface area contributed by atoms with Crippen molar-refractivity contribution in [1.29, 1.82) is 0 Å². The van der Waals surface area contributed by atoms with Gasteiger partial charge >= 0.3 is 0 Å². The van der Waals surface area contributed by atoms with Gasteiger partial charge < -0.3 is 9.80 Å². The molecule has 2 unspecified atom stereocenters. The molecule has 6 nitrogen and oxygen atoms in total. The first-order valence-electron chi connectivity index (χ1n) is 10.6. The third-order valence-corrected chi connectivity index (χ3v) is 6.10. The number of rotatable bonds is 3. The van der Waals surface area contributed by atoms with Gasteiger partial charge in [-0.25, -0.2) is 0 Å². The lowest BCUT2D eigenvalue weighted by Gasteiger charge is -2.38. The Morgan fingerprint density at radius 3 is 2.38 bits per heavy atom. The molecule has 2 aliphatic rings. The maximum absolute atomic E-state index is 13.1. The number of carbonyl (C=O) groups is 2. The molecule has 0 radical (unpaired) electrons. The molecule has 2 atom stereocenters. The lowest BCUT2D eigenvalue weighted by Crippen LogP contribution is -2.53. The summed E-state index contributed by atoms with van der Waals surface area (Å²) in [5.41, 5.74) is 1.41. The predicted molar refractivity (Wildman–Crippen MR) is 114 cm³/mol. The second kappa shape index (κ2) is 8.49. The first-order valence-corrected chi connectivity index (χ1v) is 10.6. The summed E-state index contributed by atoms with van der Waals surface area (Å²) in [6, 6.07) is 9.60. The number of benzene rings is 1. The van der Waals surface area contributed by atoms with Gasteiger partial charge in [0.25, 0.3) is 5.91 Å². The Morgan fingerprint density at radius 1 is 0.966 bits per heavy atom. The zero-order valence-corrected chi connectivity index (χ0v) is 17.4. The van der Waals surface area contributed by atoms with E-state index in [1.54, 1.807) is 6.20 Å². The average molecular weight is 395 g/mol. The van der Waals surface area contributed by atoms with Crippen molar-refractivity contribution in [3.05, 3.63) is 42.1 Å². The molecule has 3 heterocycles. The van der Waals surface area contributed by atoms with Gasteiger partial charge in [-0.15, -0.1) is 0 Å². The summed E-state index contributed by atoms with van der Waals surface area (Å²) in [5, 5.41) is 0.979. The molecule has 2 fully saturated rings. The zero-order valence-electron chi connectivity index (χ0n) is 17.4. The van der Waals surface area contributed by atoms with Crippen LogP contribution in [0.25, 0.3) is 10.9 Å². The molecule has 4 rings (SSSR count). The van der Waals surface area contributed by atoms with Gasteiger partial charge in [0, 0.05) is 50.9 Å². The van der Waals surface area contributed by atoms with E-state index in [4.69, 9.17) is 0 Å². The van der Waals surface area contributed by atoms with Crippen molar-refractivity contribution in [3.8, 4) is 0 Å².